The Balaban J connectivity index is 2.98. The summed E-state index contributed by atoms with van der Waals surface area (Å²) in [6, 6.07) is 6.13. The largest absolute Gasteiger partial charge is 0.370 e. The molecule has 10 heteroatoms. The van der Waals surface area contributed by atoms with Crippen molar-refractivity contribution in [3.05, 3.63) is 28.7 Å². The number of hydrogen-bond donors (Lipinski definition) is 5. The zero-order valence-electron chi connectivity index (χ0n) is 11.5. The van der Waals surface area contributed by atoms with Gasteiger partial charge in [-0.3, -0.25) is 15.4 Å². The summed E-state index contributed by atoms with van der Waals surface area (Å²) in [5.74, 6) is -1.24. The zero-order chi connectivity index (χ0) is 16.8. The maximum atomic E-state index is 12.6. The molecule has 0 aromatic heterocycles. The Morgan fingerprint density at radius 1 is 1.41 bits per heavy atom. The summed E-state index contributed by atoms with van der Waals surface area (Å²) in [7, 11) is -3.98. The minimum absolute atomic E-state index is 0.0249. The normalized spacial score (nSPS) is 12.5. The highest BCUT2D eigenvalue weighted by Gasteiger charge is 2.34. The highest BCUT2D eigenvalue weighted by Crippen LogP contribution is 2.26. The lowest BCUT2D eigenvalue weighted by Gasteiger charge is -2.17. The van der Waals surface area contributed by atoms with Crippen LogP contribution in [-0.4, -0.2) is 37.3 Å². The summed E-state index contributed by atoms with van der Waals surface area (Å²) < 4.78 is 25.5. The molecule has 0 fully saturated rings. The van der Waals surface area contributed by atoms with E-state index in [1.165, 1.54) is 11.5 Å². The Labute approximate surface area is 136 Å². The Bertz CT molecular complexity index is 650. The minimum atomic E-state index is -3.98. The molecule has 1 unspecified atom stereocenters. The van der Waals surface area contributed by atoms with Crippen LogP contribution < -0.4 is 16.5 Å². The van der Waals surface area contributed by atoms with E-state index in [-0.39, 0.29) is 30.2 Å². The number of nitrogens with one attached hydrogen (secondary N) is 3. The lowest BCUT2D eigenvalue weighted by Crippen LogP contribution is -2.39. The van der Waals surface area contributed by atoms with E-state index in [0.717, 1.165) is 0 Å². The van der Waals surface area contributed by atoms with Gasteiger partial charge in [0.2, 0.25) is 0 Å². The van der Waals surface area contributed by atoms with Crippen LogP contribution in [0.15, 0.2) is 33.6 Å². The molecule has 0 bridgehead atoms. The summed E-state index contributed by atoms with van der Waals surface area (Å²) >= 11 is 3.14. The number of hydroxylamine groups is 1. The third kappa shape index (κ3) is 4.68. The van der Waals surface area contributed by atoms with Crippen molar-refractivity contribution in [1.82, 2.24) is 10.8 Å². The van der Waals surface area contributed by atoms with Gasteiger partial charge in [-0.25, -0.2) is 13.9 Å². The van der Waals surface area contributed by atoms with Gasteiger partial charge in [0.1, 0.15) is 5.25 Å². The van der Waals surface area contributed by atoms with E-state index in [1.54, 1.807) is 18.2 Å². The predicted octanol–water partition coefficient (Wildman–Crippen LogP) is 0.360. The second-order valence-corrected chi connectivity index (χ2v) is 7.38. The maximum absolute atomic E-state index is 12.6. The first-order chi connectivity index (χ1) is 10.3. The van der Waals surface area contributed by atoms with Crippen molar-refractivity contribution in [3.8, 4) is 0 Å². The number of benzene rings is 1. The van der Waals surface area contributed by atoms with Crippen molar-refractivity contribution in [2.24, 2.45) is 5.73 Å². The molecular weight excluding hydrogens is 376 g/mol. The second kappa shape index (κ2) is 8.11. The fraction of sp³-hybridized carbons (Fsp3) is 0.333. The van der Waals surface area contributed by atoms with Crippen LogP contribution >= 0.6 is 15.9 Å². The number of hydrogen-bond acceptors (Lipinski definition) is 5. The molecule has 1 aromatic rings. The van der Waals surface area contributed by atoms with Crippen LogP contribution in [0.5, 0.6) is 0 Å². The molecule has 6 N–H and O–H groups in total. The summed E-state index contributed by atoms with van der Waals surface area (Å²) in [4.78, 5) is 11.7. The van der Waals surface area contributed by atoms with Gasteiger partial charge >= 0.3 is 0 Å². The number of nitrogens with two attached hydrogens (primary N) is 1. The van der Waals surface area contributed by atoms with Crippen molar-refractivity contribution < 1.29 is 18.4 Å². The van der Waals surface area contributed by atoms with Gasteiger partial charge in [0, 0.05) is 11.0 Å². The van der Waals surface area contributed by atoms with E-state index in [9.17, 15) is 13.2 Å². The lowest BCUT2D eigenvalue weighted by molar-refractivity contribution is -0.128. The van der Waals surface area contributed by atoms with E-state index < -0.39 is 21.0 Å². The topological polar surface area (TPSA) is 145 Å². The average Bonchev–Trinajstić information content (AvgIpc) is 2.46. The van der Waals surface area contributed by atoms with Gasteiger partial charge < -0.3 is 11.1 Å². The molecule has 0 spiro atoms. The monoisotopic (exact) mass is 392 g/mol. The molecule has 0 heterocycles. The number of guanidine groups is 1. The van der Waals surface area contributed by atoms with E-state index in [0.29, 0.717) is 4.47 Å². The molecule has 0 saturated carbocycles. The zero-order valence-corrected chi connectivity index (χ0v) is 13.9. The molecule has 1 amide bonds. The number of halogens is 1. The first-order valence-electron chi connectivity index (χ1n) is 6.31. The number of sulfone groups is 1. The fourth-order valence-corrected chi connectivity index (χ4v) is 4.53. The van der Waals surface area contributed by atoms with Crippen LogP contribution in [-0.2, 0) is 14.6 Å². The highest BCUT2D eigenvalue weighted by atomic mass is 79.9. The minimum Gasteiger partial charge on any atom is -0.370 e. The maximum Gasteiger partial charge on any atom is 0.262 e. The molecule has 0 radical (unpaired) electrons. The van der Waals surface area contributed by atoms with Crippen LogP contribution in [0, 0.1) is 5.41 Å². The molecule has 0 aliphatic carbocycles. The molecule has 122 valence electrons. The Morgan fingerprint density at radius 2 is 2.05 bits per heavy atom. The molecule has 1 rings (SSSR count). The van der Waals surface area contributed by atoms with Crippen molar-refractivity contribution in [3.63, 3.8) is 0 Å². The number of carbonyl (C=O) groups is 1. The van der Waals surface area contributed by atoms with Crippen LogP contribution in [0.4, 0.5) is 0 Å². The molecule has 0 aliphatic rings. The summed E-state index contributed by atoms with van der Waals surface area (Å²) in [6.45, 7) is 0.246. The van der Waals surface area contributed by atoms with Crippen LogP contribution in [0.25, 0.3) is 0 Å². The number of amides is 1. The Kier molecular flexibility index (Phi) is 6.78. The Morgan fingerprint density at radius 3 is 2.59 bits per heavy atom. The second-order valence-electron chi connectivity index (χ2n) is 4.42. The van der Waals surface area contributed by atoms with Crippen molar-refractivity contribution in [1.29, 1.82) is 5.41 Å². The van der Waals surface area contributed by atoms with Gasteiger partial charge in [0.25, 0.3) is 5.91 Å². The fourth-order valence-electron chi connectivity index (χ4n) is 1.84. The van der Waals surface area contributed by atoms with Gasteiger partial charge in [0.05, 0.1) is 4.90 Å². The van der Waals surface area contributed by atoms with Gasteiger partial charge in [-0.1, -0.05) is 12.1 Å². The van der Waals surface area contributed by atoms with Crippen LogP contribution in [0.2, 0.25) is 0 Å². The van der Waals surface area contributed by atoms with Crippen molar-refractivity contribution in [2.75, 3.05) is 6.54 Å². The molecule has 8 nitrogen and oxygen atoms in total. The van der Waals surface area contributed by atoms with Crippen LogP contribution in [0.1, 0.15) is 12.8 Å². The van der Waals surface area contributed by atoms with E-state index >= 15 is 0 Å². The molecule has 1 atom stereocenters. The molecule has 22 heavy (non-hydrogen) atoms. The van der Waals surface area contributed by atoms with Gasteiger partial charge in [0.15, 0.2) is 15.8 Å². The first-order valence-corrected chi connectivity index (χ1v) is 8.65. The molecule has 0 aliphatic heterocycles. The van der Waals surface area contributed by atoms with Gasteiger partial charge in [-0.2, -0.15) is 0 Å². The summed E-state index contributed by atoms with van der Waals surface area (Å²) in [5, 5.41) is 16.9. The number of rotatable bonds is 7. The quantitative estimate of drug-likeness (QED) is 0.149. The number of carbonyl (C=O) groups excluding carboxylic acids is 1. The van der Waals surface area contributed by atoms with Crippen LogP contribution in [0.3, 0.4) is 0 Å². The third-order valence-corrected chi connectivity index (χ3v) is 6.00. The third-order valence-electron chi connectivity index (χ3n) is 2.88. The molecule has 0 saturated heterocycles. The van der Waals surface area contributed by atoms with E-state index in [1.807, 2.05) is 0 Å². The van der Waals surface area contributed by atoms with Gasteiger partial charge in [-0.15, -0.1) is 0 Å². The highest BCUT2D eigenvalue weighted by molar-refractivity contribution is 9.10. The average molecular weight is 393 g/mol. The van der Waals surface area contributed by atoms with Crippen molar-refractivity contribution in [2.45, 2.75) is 23.0 Å². The molecular formula is C12H17BrN4O4S. The first kappa shape index (κ1) is 18.4. The Hall–Kier alpha value is -1.65. The van der Waals surface area contributed by atoms with E-state index in [2.05, 4.69) is 21.2 Å². The summed E-state index contributed by atoms with van der Waals surface area (Å²) in [5.41, 5.74) is 6.51. The smallest absolute Gasteiger partial charge is 0.262 e. The summed E-state index contributed by atoms with van der Waals surface area (Å²) in [6.07, 6.45) is 0.248. The standard InChI is InChI=1S/C12H17BrN4O4S/c13-8-4-1-2-5-9(8)22(20,21)10(11(18)17-19)6-3-7-16-12(14)15/h1-2,4-5,10,19H,3,6-7H2,(H,17,18)(H4,14,15,16). The lowest BCUT2D eigenvalue weighted by atomic mass is 10.2. The SMILES string of the molecule is N=C(N)NCCCC(C(=O)NO)S(=O)(=O)c1ccccc1Br. The predicted molar refractivity (Wildman–Crippen MR) is 84.2 cm³/mol. The van der Waals surface area contributed by atoms with Crippen molar-refractivity contribution >= 4 is 37.6 Å². The van der Waals surface area contributed by atoms with E-state index in [4.69, 9.17) is 16.4 Å². The van der Waals surface area contributed by atoms with Gasteiger partial charge in [-0.05, 0) is 40.9 Å². The molecule has 1 aromatic carbocycles.